The second-order valence-electron chi connectivity index (χ2n) is 13.9. The maximum Gasteiger partial charge on any atom is 0.306 e. The molecular weight excluding hydrogens is 744 g/mol. The molecule has 53 heavy (non-hydrogen) atoms. The summed E-state index contributed by atoms with van der Waals surface area (Å²) in [6.45, 7) is 8.07. The predicted molar refractivity (Wildman–Crippen MR) is 200 cm³/mol. The van der Waals surface area contributed by atoms with Crippen LogP contribution in [0.2, 0.25) is 0 Å². The number of hydrogen-bond donors (Lipinski definition) is 2. The summed E-state index contributed by atoms with van der Waals surface area (Å²) in [5.74, 6) is -3.28. The van der Waals surface area contributed by atoms with Crippen LogP contribution in [0.25, 0.3) is 11.0 Å². The van der Waals surface area contributed by atoms with Crippen molar-refractivity contribution in [2.75, 3.05) is 26.3 Å². The Morgan fingerprint density at radius 2 is 1.85 bits per heavy atom. The number of nitrogens with zero attached hydrogens (tertiary/aromatic N) is 5. The summed E-state index contributed by atoms with van der Waals surface area (Å²) in [6.07, 6.45) is 6.38. The molecule has 4 heterocycles. The predicted octanol–water partition coefficient (Wildman–Crippen LogP) is 4.07. The van der Waals surface area contributed by atoms with Crippen molar-refractivity contribution in [2.45, 2.75) is 80.2 Å². The van der Waals surface area contributed by atoms with E-state index in [2.05, 4.69) is 44.7 Å². The zero-order valence-corrected chi connectivity index (χ0v) is 31.3. The molecule has 2 bridgehead atoms. The zero-order chi connectivity index (χ0) is 37.5. The van der Waals surface area contributed by atoms with Crippen molar-refractivity contribution in [2.24, 2.45) is 11.8 Å². The third kappa shape index (κ3) is 7.81. The van der Waals surface area contributed by atoms with E-state index in [0.29, 0.717) is 31.2 Å². The van der Waals surface area contributed by atoms with E-state index < -0.39 is 47.5 Å². The van der Waals surface area contributed by atoms with E-state index in [0.717, 1.165) is 23.9 Å². The third-order valence-electron chi connectivity index (χ3n) is 10.5. The molecule has 282 valence electrons. The molecule has 3 aliphatic heterocycles. The number of hydrogen-bond acceptors (Lipinski definition) is 9. The average molecular weight is 792 g/mol. The molecule has 1 spiro atoms. The number of aliphatic hydroxyl groups excluding tert-OH is 1. The van der Waals surface area contributed by atoms with E-state index in [-0.39, 0.29) is 56.0 Å². The first-order chi connectivity index (χ1) is 25.7. The van der Waals surface area contributed by atoms with Gasteiger partial charge in [0.05, 0.1) is 29.5 Å². The fourth-order valence-electron chi connectivity index (χ4n) is 8.07. The van der Waals surface area contributed by atoms with Crippen LogP contribution in [0.3, 0.4) is 0 Å². The van der Waals surface area contributed by atoms with Gasteiger partial charge in [0.15, 0.2) is 0 Å². The second-order valence-corrected chi connectivity index (χ2v) is 15.1. The van der Waals surface area contributed by atoms with Gasteiger partial charge in [-0.05, 0) is 43.4 Å². The molecule has 14 heteroatoms. The molecule has 0 saturated carbocycles. The largest absolute Gasteiger partial charge is 0.463 e. The van der Waals surface area contributed by atoms with E-state index in [1.165, 1.54) is 0 Å². The summed E-state index contributed by atoms with van der Waals surface area (Å²) >= 11 is 3.76. The summed E-state index contributed by atoms with van der Waals surface area (Å²) in [5, 5.41) is 20.9. The van der Waals surface area contributed by atoms with Gasteiger partial charge in [-0.25, -0.2) is 4.68 Å². The second kappa shape index (κ2) is 17.2. The van der Waals surface area contributed by atoms with Crippen LogP contribution >= 0.6 is 15.9 Å². The van der Waals surface area contributed by atoms with E-state index >= 15 is 0 Å². The van der Waals surface area contributed by atoms with Gasteiger partial charge >= 0.3 is 5.97 Å². The summed E-state index contributed by atoms with van der Waals surface area (Å²) in [6, 6.07) is 15.0. The highest BCUT2D eigenvalue weighted by Crippen LogP contribution is 2.60. The Balaban J connectivity index is 1.30. The Labute approximate surface area is 317 Å². The SMILES string of the molecule is C=CCCC(=O)OC[C@H](NC(=O)[C@@H]1[C@H]2O[C@@]3(CC2Br)[C@H](C(=O)N(CC=C)Cn2nnc4ccccc42)N(CCCCCCO)C(=O)[C@@H]13)c1ccccc1. The maximum atomic E-state index is 14.9. The smallest absolute Gasteiger partial charge is 0.306 e. The number of esters is 1. The van der Waals surface area contributed by atoms with E-state index in [1.807, 2.05) is 54.6 Å². The van der Waals surface area contributed by atoms with E-state index in [1.54, 1.807) is 26.6 Å². The molecule has 3 fully saturated rings. The number of unbranched alkanes of at least 4 members (excludes halogenated alkanes) is 3. The zero-order valence-electron chi connectivity index (χ0n) is 29.7. The van der Waals surface area contributed by atoms with Gasteiger partial charge in [-0.2, -0.15) is 0 Å². The van der Waals surface area contributed by atoms with Gasteiger partial charge < -0.3 is 29.7 Å². The van der Waals surface area contributed by atoms with Crippen LogP contribution in [0.1, 0.15) is 56.6 Å². The Morgan fingerprint density at radius 1 is 1.09 bits per heavy atom. The number of fused-ring (bicyclic) bond motifs is 2. The molecule has 13 nitrogen and oxygen atoms in total. The number of allylic oxidation sites excluding steroid dienone is 1. The highest BCUT2D eigenvalue weighted by Gasteiger charge is 2.76. The molecule has 1 aromatic heterocycles. The number of carbonyl (C=O) groups is 4. The number of aliphatic hydroxyl groups is 1. The Bertz CT molecular complexity index is 1800. The quantitative estimate of drug-likeness (QED) is 0.0792. The lowest BCUT2D eigenvalue weighted by atomic mass is 9.70. The molecule has 3 amide bonds. The highest BCUT2D eigenvalue weighted by molar-refractivity contribution is 9.09. The van der Waals surface area contributed by atoms with Crippen LogP contribution in [-0.2, 0) is 35.3 Å². The molecule has 3 saturated heterocycles. The molecule has 0 radical (unpaired) electrons. The van der Waals surface area contributed by atoms with Crippen LogP contribution in [0.5, 0.6) is 0 Å². The first-order valence-corrected chi connectivity index (χ1v) is 19.2. The Hall–Kier alpha value is -4.40. The lowest BCUT2D eigenvalue weighted by molar-refractivity contribution is -0.149. The summed E-state index contributed by atoms with van der Waals surface area (Å²) in [4.78, 5) is 59.4. The molecule has 3 aliphatic rings. The molecule has 2 N–H and O–H groups in total. The highest BCUT2D eigenvalue weighted by atomic mass is 79.9. The number of likely N-dealkylation sites (tertiary alicyclic amines) is 1. The van der Waals surface area contributed by atoms with Crippen LogP contribution in [0.4, 0.5) is 0 Å². The van der Waals surface area contributed by atoms with Crippen LogP contribution in [0.15, 0.2) is 79.9 Å². The van der Waals surface area contributed by atoms with Crippen molar-refractivity contribution in [1.82, 2.24) is 30.1 Å². The Kier molecular flexibility index (Phi) is 12.4. The van der Waals surface area contributed by atoms with E-state index in [9.17, 15) is 24.3 Å². The van der Waals surface area contributed by atoms with Gasteiger partial charge in [0.25, 0.3) is 0 Å². The van der Waals surface area contributed by atoms with Gasteiger partial charge in [0.2, 0.25) is 17.7 Å². The van der Waals surface area contributed by atoms with Crippen molar-refractivity contribution >= 4 is 50.7 Å². The fraction of sp³-hybridized carbons (Fsp3) is 0.487. The Morgan fingerprint density at radius 3 is 2.60 bits per heavy atom. The van der Waals surface area contributed by atoms with Gasteiger partial charge in [0.1, 0.15) is 30.4 Å². The van der Waals surface area contributed by atoms with Crippen molar-refractivity contribution in [3.8, 4) is 0 Å². The minimum Gasteiger partial charge on any atom is -0.463 e. The summed E-state index contributed by atoms with van der Waals surface area (Å²) in [5.41, 5.74) is 0.904. The molecular formula is C39H47BrN6O7. The van der Waals surface area contributed by atoms with Gasteiger partial charge in [0, 0.05) is 30.9 Å². The average Bonchev–Trinajstić information content (AvgIpc) is 3.89. The minimum atomic E-state index is -1.27. The number of ether oxygens (including phenoxy) is 2. The fourth-order valence-corrected chi connectivity index (χ4v) is 9.01. The molecule has 0 aliphatic carbocycles. The number of carbonyl (C=O) groups excluding carboxylic acids is 4. The first kappa shape index (κ1) is 38.3. The lowest BCUT2D eigenvalue weighted by Gasteiger charge is -2.37. The van der Waals surface area contributed by atoms with Gasteiger partial charge in [-0.3, -0.25) is 19.2 Å². The number of benzene rings is 2. The summed E-state index contributed by atoms with van der Waals surface area (Å²) in [7, 11) is 0. The van der Waals surface area contributed by atoms with Crippen LogP contribution < -0.4 is 5.32 Å². The molecule has 7 atom stereocenters. The summed E-state index contributed by atoms with van der Waals surface area (Å²) < 4.78 is 14.0. The third-order valence-corrected chi connectivity index (χ3v) is 11.3. The standard InChI is InChI=1S/C39H47BrN6O7/c1-3-5-19-31(48)52-24-29(26-15-9-8-10-16-26)41-36(49)32-33-37(50)45(21-13-6-7-14-22-47)35(39(33)23-27(40)34(32)53-39)38(51)44(20-4-2)25-46-30-18-12-11-17-28(30)42-43-46/h3-4,8-12,15-18,27,29,32-35,47H,1-2,5-7,13-14,19-25H2,(H,41,49)/t27?,29-,32-,33+,34-,35-,39+/m0/s1. The number of para-hydroxylation sites is 1. The number of rotatable bonds is 19. The number of aromatic nitrogens is 3. The molecule has 6 rings (SSSR count). The molecule has 2 aromatic carbocycles. The van der Waals surface area contributed by atoms with E-state index in [4.69, 9.17) is 9.47 Å². The normalized spacial score (nSPS) is 24.9. The van der Waals surface area contributed by atoms with Gasteiger partial charge in [-0.15, -0.1) is 18.3 Å². The van der Waals surface area contributed by atoms with Crippen molar-refractivity contribution in [3.05, 3.63) is 85.5 Å². The number of alkyl halides is 1. The lowest BCUT2D eigenvalue weighted by Crippen LogP contribution is -2.57. The minimum absolute atomic E-state index is 0.0660. The first-order valence-electron chi connectivity index (χ1n) is 18.3. The number of nitrogens with one attached hydrogen (secondary N) is 1. The number of halogens is 1. The number of amides is 3. The molecule has 3 aromatic rings. The van der Waals surface area contributed by atoms with Crippen molar-refractivity contribution < 1.29 is 33.8 Å². The van der Waals surface area contributed by atoms with Crippen LogP contribution in [0, 0.1) is 11.8 Å². The topological polar surface area (TPSA) is 156 Å². The maximum absolute atomic E-state index is 14.9. The van der Waals surface area contributed by atoms with Crippen molar-refractivity contribution in [3.63, 3.8) is 0 Å². The van der Waals surface area contributed by atoms with Crippen molar-refractivity contribution in [1.29, 1.82) is 0 Å². The van der Waals surface area contributed by atoms with Crippen LogP contribution in [-0.4, -0.2) is 102 Å². The van der Waals surface area contributed by atoms with Gasteiger partial charge in [-0.1, -0.05) is 88.6 Å². The molecule has 1 unspecified atom stereocenters. The monoisotopic (exact) mass is 790 g/mol.